The van der Waals surface area contributed by atoms with Crippen molar-refractivity contribution >= 4 is 32.4 Å². The van der Waals surface area contributed by atoms with Gasteiger partial charge in [0.2, 0.25) is 22.6 Å². The fraction of sp³-hybridized carbons (Fsp3) is 0.211. The van der Waals surface area contributed by atoms with Gasteiger partial charge in [0.15, 0.2) is 32.0 Å². The summed E-state index contributed by atoms with van der Waals surface area (Å²) in [6.07, 6.45) is 6.81. The monoisotopic (exact) mass is 782 g/mol. The smallest absolute Gasteiger partial charge is 0.193 e. The first-order valence-corrected chi connectivity index (χ1v) is 21.3. The SMILES string of the molecule is C.CCCc1ccc2c(c1)-c1ccc3ccccc3[n+]1C2.Cc1cc(C)c2c(c1)-c1c3cc(C)ccc3cc[n+]1C2.Cc1cc(C)c2c(c1)-c1c3ccccc3cc[n+]1C2. The maximum atomic E-state index is 2.44. The van der Waals surface area contributed by atoms with E-state index in [2.05, 4.69) is 201 Å². The molecule has 3 aliphatic heterocycles. The van der Waals surface area contributed by atoms with Crippen molar-refractivity contribution in [1.29, 1.82) is 0 Å². The number of aryl methyl sites for hydroxylation is 6. The van der Waals surface area contributed by atoms with Crippen LogP contribution < -0.4 is 13.7 Å². The van der Waals surface area contributed by atoms with E-state index in [4.69, 9.17) is 0 Å². The largest absolute Gasteiger partial charge is 0.221 e. The van der Waals surface area contributed by atoms with Crippen molar-refractivity contribution in [3.8, 4) is 33.8 Å². The zero-order chi connectivity index (χ0) is 40.4. The Morgan fingerprint density at radius 3 is 1.77 bits per heavy atom. The van der Waals surface area contributed by atoms with E-state index in [-0.39, 0.29) is 7.43 Å². The minimum absolute atomic E-state index is 0. The Kier molecular flexibility index (Phi) is 10.2. The summed E-state index contributed by atoms with van der Waals surface area (Å²) in [5, 5.41) is 6.69. The molecule has 0 unspecified atom stereocenters. The highest BCUT2D eigenvalue weighted by atomic mass is 15.0. The summed E-state index contributed by atoms with van der Waals surface area (Å²) in [5.74, 6) is 0. The molecule has 60 heavy (non-hydrogen) atoms. The molecule has 0 bridgehead atoms. The van der Waals surface area contributed by atoms with Gasteiger partial charge in [0, 0.05) is 46.3 Å². The quantitative estimate of drug-likeness (QED) is 0.155. The molecular formula is C57H56N3+3. The highest BCUT2D eigenvalue weighted by Gasteiger charge is 2.31. The lowest BCUT2D eigenvalue weighted by Gasteiger charge is -2.04. The maximum Gasteiger partial charge on any atom is 0.221 e. The third kappa shape index (κ3) is 6.76. The van der Waals surface area contributed by atoms with Crippen LogP contribution in [0.25, 0.3) is 66.2 Å². The molecule has 0 aliphatic carbocycles. The molecule has 3 heteroatoms. The van der Waals surface area contributed by atoms with E-state index in [1.165, 1.54) is 129 Å². The number of aromatic nitrogens is 3. The van der Waals surface area contributed by atoms with Crippen molar-refractivity contribution < 1.29 is 13.7 Å². The molecule has 0 spiro atoms. The summed E-state index contributed by atoms with van der Waals surface area (Å²) in [4.78, 5) is 0. The van der Waals surface area contributed by atoms with Crippen molar-refractivity contribution in [2.75, 3.05) is 0 Å². The van der Waals surface area contributed by atoms with Crippen molar-refractivity contribution in [2.24, 2.45) is 0 Å². The molecule has 12 rings (SSSR count). The standard InChI is InChI=1S/2C19H18N.C18H16N.CH4/c1-12-4-5-15-6-7-20-11-18-14(3)8-13(2)10-17(18)19(20)16(15)9-12;1-2-5-14-8-9-16-13-20-18-7-4-3-6-15(18)10-11-19(20)17(16)12-14;1-12-9-13(2)17-11-19-8-7-14-5-3-4-6-15(14)18(19)16(17)10-12;/h4-10H,11H2,1-3H3;3-4,6-12H,2,5,13H2,1H3;3-10H,11H2,1-2H3;1H4/q3*+1;. The molecule has 9 aromatic rings. The molecule has 0 fully saturated rings. The van der Waals surface area contributed by atoms with Gasteiger partial charge in [-0.05, 0) is 122 Å². The molecule has 3 nitrogen and oxygen atoms in total. The second kappa shape index (κ2) is 15.6. The van der Waals surface area contributed by atoms with Crippen LogP contribution in [0, 0.1) is 34.6 Å². The van der Waals surface area contributed by atoms with Gasteiger partial charge >= 0.3 is 0 Å². The highest BCUT2D eigenvalue weighted by Crippen LogP contribution is 2.37. The number of para-hydroxylation sites is 1. The predicted octanol–water partition coefficient (Wildman–Crippen LogP) is 12.6. The molecular weight excluding hydrogens is 727 g/mol. The summed E-state index contributed by atoms with van der Waals surface area (Å²) in [5.41, 5.74) is 22.4. The van der Waals surface area contributed by atoms with Crippen LogP contribution in [0.4, 0.5) is 0 Å². The average molecular weight is 783 g/mol. The average Bonchev–Trinajstić information content (AvgIpc) is 3.94. The fourth-order valence-electron chi connectivity index (χ4n) is 10.0. The van der Waals surface area contributed by atoms with Gasteiger partial charge in [-0.1, -0.05) is 93.1 Å². The molecule has 6 aromatic carbocycles. The molecule has 6 heterocycles. The Morgan fingerprint density at radius 2 is 1.08 bits per heavy atom. The van der Waals surface area contributed by atoms with E-state index in [9.17, 15) is 0 Å². The predicted molar refractivity (Wildman–Crippen MR) is 250 cm³/mol. The zero-order valence-corrected chi connectivity index (χ0v) is 35.2. The van der Waals surface area contributed by atoms with Crippen LogP contribution in [0.2, 0.25) is 0 Å². The van der Waals surface area contributed by atoms with E-state index < -0.39 is 0 Å². The van der Waals surface area contributed by atoms with Crippen LogP contribution in [0.5, 0.6) is 0 Å². The van der Waals surface area contributed by atoms with Crippen molar-refractivity contribution in [2.45, 2.75) is 81.4 Å². The first kappa shape index (κ1) is 39.0. The fourth-order valence-corrected chi connectivity index (χ4v) is 10.0. The van der Waals surface area contributed by atoms with Gasteiger partial charge in [0.1, 0.15) is 0 Å². The summed E-state index contributed by atoms with van der Waals surface area (Å²) >= 11 is 0. The lowest BCUT2D eigenvalue weighted by Crippen LogP contribution is -2.33. The summed E-state index contributed by atoms with van der Waals surface area (Å²) in [7, 11) is 0. The zero-order valence-electron chi connectivity index (χ0n) is 35.2. The van der Waals surface area contributed by atoms with Crippen molar-refractivity contribution in [1.82, 2.24) is 0 Å². The first-order chi connectivity index (χ1) is 28.7. The third-order valence-corrected chi connectivity index (χ3v) is 12.8. The van der Waals surface area contributed by atoms with E-state index in [0.29, 0.717) is 0 Å². The Bertz CT molecular complexity index is 3150. The van der Waals surface area contributed by atoms with Gasteiger partial charge in [0.25, 0.3) is 0 Å². The lowest BCUT2D eigenvalue weighted by atomic mass is 9.96. The second-order valence-electron chi connectivity index (χ2n) is 17.1. The number of hydrogen-bond donors (Lipinski definition) is 0. The minimum Gasteiger partial charge on any atom is -0.193 e. The first-order valence-electron chi connectivity index (χ1n) is 21.3. The molecule has 0 radical (unpaired) electrons. The van der Waals surface area contributed by atoms with Gasteiger partial charge in [-0.15, -0.1) is 0 Å². The Hall–Kier alpha value is -6.45. The minimum atomic E-state index is 0. The van der Waals surface area contributed by atoms with Crippen LogP contribution >= 0.6 is 0 Å². The Balaban J connectivity index is 0.000000115. The van der Waals surface area contributed by atoms with Crippen LogP contribution in [0.1, 0.15) is 70.8 Å². The topological polar surface area (TPSA) is 11.6 Å². The van der Waals surface area contributed by atoms with E-state index in [0.717, 1.165) is 19.6 Å². The Morgan fingerprint density at radius 1 is 0.483 bits per heavy atom. The lowest BCUT2D eigenvalue weighted by molar-refractivity contribution is -0.671. The van der Waals surface area contributed by atoms with E-state index >= 15 is 0 Å². The van der Waals surface area contributed by atoms with Crippen LogP contribution in [0.3, 0.4) is 0 Å². The number of benzene rings is 6. The molecule has 3 aliphatic rings. The van der Waals surface area contributed by atoms with Crippen LogP contribution in [0.15, 0.2) is 146 Å². The number of pyridine rings is 3. The summed E-state index contributed by atoms with van der Waals surface area (Å²) in [6.45, 7) is 16.2. The third-order valence-electron chi connectivity index (χ3n) is 12.8. The number of nitrogens with zero attached hydrogens (tertiary/aromatic N) is 3. The van der Waals surface area contributed by atoms with Crippen molar-refractivity contribution in [3.05, 3.63) is 196 Å². The molecule has 0 saturated heterocycles. The molecule has 296 valence electrons. The van der Waals surface area contributed by atoms with Gasteiger partial charge in [0.05, 0.1) is 27.5 Å². The van der Waals surface area contributed by atoms with Crippen molar-refractivity contribution in [3.63, 3.8) is 0 Å². The van der Waals surface area contributed by atoms with Gasteiger partial charge in [-0.2, -0.15) is 13.7 Å². The van der Waals surface area contributed by atoms with Crippen LogP contribution in [-0.4, -0.2) is 0 Å². The number of hydrogen-bond acceptors (Lipinski definition) is 0. The maximum absolute atomic E-state index is 2.44. The molecule has 0 amide bonds. The normalized spacial score (nSPS) is 12.3. The molecule has 0 N–H and O–H groups in total. The van der Waals surface area contributed by atoms with E-state index in [1.807, 2.05) is 0 Å². The molecule has 0 atom stereocenters. The van der Waals surface area contributed by atoms with Gasteiger partial charge < -0.3 is 0 Å². The summed E-state index contributed by atoms with van der Waals surface area (Å²) in [6, 6.07) is 49.2. The molecule has 3 aromatic heterocycles. The van der Waals surface area contributed by atoms with Gasteiger partial charge in [-0.25, -0.2) is 0 Å². The van der Waals surface area contributed by atoms with E-state index in [1.54, 1.807) is 0 Å². The Labute approximate surface area is 355 Å². The summed E-state index contributed by atoms with van der Waals surface area (Å²) < 4.78 is 7.20. The van der Waals surface area contributed by atoms with Crippen LogP contribution in [-0.2, 0) is 26.1 Å². The highest BCUT2D eigenvalue weighted by molar-refractivity contribution is 5.96. The number of fused-ring (bicyclic) bond motifs is 15. The van der Waals surface area contributed by atoms with Gasteiger partial charge in [-0.3, -0.25) is 0 Å². The molecule has 0 saturated carbocycles. The number of rotatable bonds is 2. The second-order valence-corrected chi connectivity index (χ2v) is 17.1.